The molecule has 2 aromatic heterocycles. The number of ether oxygens (including phenoxy) is 2. The molecule has 8 nitrogen and oxygen atoms in total. The summed E-state index contributed by atoms with van der Waals surface area (Å²) in [5, 5.41) is 3.11. The number of rotatable bonds is 9. The summed E-state index contributed by atoms with van der Waals surface area (Å²) in [5.74, 6) is 0.0600. The first kappa shape index (κ1) is 26.5. The van der Waals surface area contributed by atoms with Gasteiger partial charge in [0.15, 0.2) is 6.61 Å². The molecule has 0 saturated heterocycles. The summed E-state index contributed by atoms with van der Waals surface area (Å²) < 4.78 is 21.5. The van der Waals surface area contributed by atoms with E-state index in [9.17, 15) is 14.4 Å². The molecule has 8 heteroatoms. The zero-order chi connectivity index (χ0) is 28.1. The van der Waals surface area contributed by atoms with Crippen LogP contribution in [0.5, 0.6) is 11.5 Å². The number of carbonyl (C=O) groups excluding carboxylic acids is 2. The molecule has 40 heavy (non-hydrogen) atoms. The second-order valence-corrected chi connectivity index (χ2v) is 9.69. The summed E-state index contributed by atoms with van der Waals surface area (Å²) in [5.41, 5.74) is 1.35. The van der Waals surface area contributed by atoms with Crippen LogP contribution in [0.1, 0.15) is 41.1 Å². The SMILES string of the molecule is CC(C)(c1ccccc1)c1ccc(OCC(=O)Oc2ccc3cc(C(=O)NCc4ccco4)c(=O)oc3c2)cc1. The highest BCUT2D eigenvalue weighted by atomic mass is 16.6. The lowest BCUT2D eigenvalue weighted by atomic mass is 9.78. The number of nitrogens with one attached hydrogen (secondary N) is 1. The van der Waals surface area contributed by atoms with Gasteiger partial charge < -0.3 is 23.6 Å². The second-order valence-electron chi connectivity index (χ2n) is 9.69. The van der Waals surface area contributed by atoms with Gasteiger partial charge in [-0.05, 0) is 53.6 Å². The monoisotopic (exact) mass is 537 g/mol. The summed E-state index contributed by atoms with van der Waals surface area (Å²) in [4.78, 5) is 37.3. The molecule has 0 bridgehead atoms. The average molecular weight is 538 g/mol. The van der Waals surface area contributed by atoms with Crippen LogP contribution < -0.4 is 20.4 Å². The normalized spacial score (nSPS) is 11.2. The van der Waals surface area contributed by atoms with E-state index in [0.29, 0.717) is 16.9 Å². The second kappa shape index (κ2) is 11.3. The van der Waals surface area contributed by atoms with Crippen LogP contribution in [-0.2, 0) is 16.8 Å². The van der Waals surface area contributed by atoms with Crippen molar-refractivity contribution < 1.29 is 27.9 Å². The number of hydrogen-bond acceptors (Lipinski definition) is 7. The van der Waals surface area contributed by atoms with Gasteiger partial charge in [0.2, 0.25) is 0 Å². The van der Waals surface area contributed by atoms with E-state index in [-0.39, 0.29) is 35.5 Å². The van der Waals surface area contributed by atoms with Gasteiger partial charge in [0, 0.05) is 16.9 Å². The minimum Gasteiger partial charge on any atom is -0.482 e. The number of carbonyl (C=O) groups is 2. The van der Waals surface area contributed by atoms with Gasteiger partial charge in [0.05, 0.1) is 12.8 Å². The lowest BCUT2D eigenvalue weighted by molar-refractivity contribution is -0.136. The maximum absolute atomic E-state index is 12.4. The van der Waals surface area contributed by atoms with Crippen LogP contribution in [-0.4, -0.2) is 18.5 Å². The maximum Gasteiger partial charge on any atom is 0.349 e. The number of fused-ring (bicyclic) bond motifs is 1. The molecular weight excluding hydrogens is 510 g/mol. The molecule has 0 aliphatic heterocycles. The molecule has 5 aromatic rings. The molecule has 0 unspecified atom stereocenters. The van der Waals surface area contributed by atoms with Crippen molar-refractivity contribution in [3.8, 4) is 11.5 Å². The topological polar surface area (TPSA) is 108 Å². The summed E-state index contributed by atoms with van der Waals surface area (Å²) in [6.07, 6.45) is 1.49. The van der Waals surface area contributed by atoms with Crippen LogP contribution in [0.4, 0.5) is 0 Å². The van der Waals surface area contributed by atoms with E-state index in [1.807, 2.05) is 42.5 Å². The van der Waals surface area contributed by atoms with E-state index in [1.165, 1.54) is 24.0 Å². The van der Waals surface area contributed by atoms with Gasteiger partial charge in [0.25, 0.3) is 5.91 Å². The predicted octanol–water partition coefficient (Wildman–Crippen LogP) is 5.63. The van der Waals surface area contributed by atoms with Crippen molar-refractivity contribution in [2.45, 2.75) is 25.8 Å². The molecule has 0 aliphatic carbocycles. The summed E-state index contributed by atoms with van der Waals surface area (Å²) in [6.45, 7) is 4.13. The average Bonchev–Trinajstić information content (AvgIpc) is 3.49. The maximum atomic E-state index is 12.4. The molecule has 2 heterocycles. The van der Waals surface area contributed by atoms with E-state index in [2.05, 4.69) is 31.3 Å². The first-order chi connectivity index (χ1) is 19.3. The Morgan fingerprint density at radius 1 is 0.850 bits per heavy atom. The highest BCUT2D eigenvalue weighted by Gasteiger charge is 2.22. The number of esters is 1. The molecule has 5 rings (SSSR count). The van der Waals surface area contributed by atoms with Crippen LogP contribution in [0, 0.1) is 0 Å². The van der Waals surface area contributed by atoms with E-state index < -0.39 is 17.5 Å². The van der Waals surface area contributed by atoms with E-state index in [4.69, 9.17) is 18.3 Å². The van der Waals surface area contributed by atoms with Gasteiger partial charge in [0.1, 0.15) is 28.4 Å². The Morgan fingerprint density at radius 2 is 1.57 bits per heavy atom. The number of amides is 1. The fourth-order valence-electron chi connectivity index (χ4n) is 4.28. The van der Waals surface area contributed by atoms with Gasteiger partial charge in [-0.1, -0.05) is 56.3 Å². The van der Waals surface area contributed by atoms with Crippen molar-refractivity contribution in [3.63, 3.8) is 0 Å². The highest BCUT2D eigenvalue weighted by molar-refractivity contribution is 5.96. The zero-order valence-corrected chi connectivity index (χ0v) is 22.0. The summed E-state index contributed by atoms with van der Waals surface area (Å²) in [7, 11) is 0. The number of hydrogen-bond donors (Lipinski definition) is 1. The molecule has 1 N–H and O–H groups in total. The third kappa shape index (κ3) is 5.96. The minimum atomic E-state index is -0.810. The lowest BCUT2D eigenvalue weighted by Gasteiger charge is -2.26. The van der Waals surface area contributed by atoms with Crippen molar-refractivity contribution in [1.82, 2.24) is 5.32 Å². The van der Waals surface area contributed by atoms with Crippen molar-refractivity contribution >= 4 is 22.8 Å². The molecule has 1 amide bonds. The minimum absolute atomic E-state index is 0.135. The molecule has 0 atom stereocenters. The van der Waals surface area contributed by atoms with Crippen molar-refractivity contribution in [3.05, 3.63) is 130 Å². The number of benzene rings is 3. The smallest absolute Gasteiger partial charge is 0.349 e. The first-order valence-electron chi connectivity index (χ1n) is 12.7. The third-order valence-electron chi connectivity index (χ3n) is 6.62. The molecule has 0 saturated carbocycles. The van der Waals surface area contributed by atoms with E-state index in [1.54, 1.807) is 24.3 Å². The molecule has 202 valence electrons. The largest absolute Gasteiger partial charge is 0.482 e. The van der Waals surface area contributed by atoms with Crippen LogP contribution in [0.15, 0.2) is 111 Å². The zero-order valence-electron chi connectivity index (χ0n) is 22.0. The Balaban J connectivity index is 1.19. The Kier molecular flexibility index (Phi) is 7.50. The molecule has 0 spiro atoms. The quantitative estimate of drug-likeness (QED) is 0.148. The first-order valence-corrected chi connectivity index (χ1v) is 12.7. The van der Waals surface area contributed by atoms with Crippen molar-refractivity contribution in [2.75, 3.05) is 6.61 Å². The lowest BCUT2D eigenvalue weighted by Crippen LogP contribution is -2.27. The van der Waals surface area contributed by atoms with E-state index in [0.717, 1.165) is 5.56 Å². The van der Waals surface area contributed by atoms with Crippen LogP contribution in [0.3, 0.4) is 0 Å². The molecule has 0 fully saturated rings. The molecule has 0 aliphatic rings. The standard InChI is InChI=1S/C32H27NO7/c1-32(2,22-7-4-3-5-8-22)23-11-14-24(15-12-23)38-20-29(34)39-25-13-10-21-17-27(31(36)40-28(21)18-25)30(35)33-19-26-9-6-16-37-26/h3-18H,19-20H2,1-2H3,(H,33,35). The number of furan rings is 1. The molecular formula is C32H27NO7. The predicted molar refractivity (Wildman–Crippen MR) is 149 cm³/mol. The van der Waals surface area contributed by atoms with E-state index >= 15 is 0 Å². The van der Waals surface area contributed by atoms with Gasteiger partial charge in [-0.15, -0.1) is 0 Å². The van der Waals surface area contributed by atoms with Gasteiger partial charge in [-0.2, -0.15) is 0 Å². The summed E-state index contributed by atoms with van der Waals surface area (Å²) in [6, 6.07) is 27.2. The fraction of sp³-hybridized carbons (Fsp3) is 0.156. The van der Waals surface area contributed by atoms with Crippen LogP contribution in [0.2, 0.25) is 0 Å². The highest BCUT2D eigenvalue weighted by Crippen LogP contribution is 2.32. The molecule has 0 radical (unpaired) electrons. The van der Waals surface area contributed by atoms with Crippen LogP contribution in [0.25, 0.3) is 11.0 Å². The summed E-state index contributed by atoms with van der Waals surface area (Å²) >= 11 is 0. The fourth-order valence-corrected chi connectivity index (χ4v) is 4.28. The van der Waals surface area contributed by atoms with Gasteiger partial charge in [-0.25, -0.2) is 9.59 Å². The Morgan fingerprint density at radius 3 is 2.30 bits per heavy atom. The van der Waals surface area contributed by atoms with Crippen LogP contribution >= 0.6 is 0 Å². The Labute approximate surface area is 230 Å². The van der Waals surface area contributed by atoms with Crippen molar-refractivity contribution in [2.24, 2.45) is 0 Å². The third-order valence-corrected chi connectivity index (χ3v) is 6.62. The van der Waals surface area contributed by atoms with Gasteiger partial charge >= 0.3 is 11.6 Å². The molecule has 3 aromatic carbocycles. The van der Waals surface area contributed by atoms with Gasteiger partial charge in [-0.3, -0.25) is 4.79 Å². The van der Waals surface area contributed by atoms with Crippen molar-refractivity contribution in [1.29, 1.82) is 0 Å². The Bertz CT molecular complexity index is 1690. The Hall–Kier alpha value is -5.11.